The second-order valence-corrected chi connectivity index (χ2v) is 5.07. The van der Waals surface area contributed by atoms with Crippen molar-refractivity contribution in [3.8, 4) is 0 Å². The quantitative estimate of drug-likeness (QED) is 0.644. The van der Waals surface area contributed by atoms with Crippen LogP contribution in [-0.4, -0.2) is 27.6 Å². The van der Waals surface area contributed by atoms with Crippen LogP contribution >= 0.6 is 0 Å². The van der Waals surface area contributed by atoms with E-state index in [1.54, 1.807) is 0 Å². The molecule has 0 aliphatic heterocycles. The summed E-state index contributed by atoms with van der Waals surface area (Å²) in [6, 6.07) is 4.14. The Morgan fingerprint density at radius 1 is 1.48 bits per heavy atom. The normalized spacial score (nSPS) is 12.5. The van der Waals surface area contributed by atoms with Gasteiger partial charge in [0.05, 0.1) is 22.2 Å². The van der Waals surface area contributed by atoms with E-state index >= 15 is 0 Å². The van der Waals surface area contributed by atoms with Crippen molar-refractivity contribution in [3.05, 3.63) is 45.0 Å². The maximum Gasteiger partial charge on any atom is 0.270 e. The highest BCUT2D eigenvalue weighted by molar-refractivity contribution is 5.79. The highest BCUT2D eigenvalue weighted by atomic mass is 16.6. The van der Waals surface area contributed by atoms with E-state index in [0.29, 0.717) is 12.1 Å². The number of nitro benzene ring substituents is 1. The zero-order valence-corrected chi connectivity index (χ0v) is 12.1. The molecule has 0 saturated carbocycles. The molecule has 1 aromatic carbocycles. The van der Waals surface area contributed by atoms with E-state index in [0.717, 1.165) is 13.1 Å². The first kappa shape index (κ1) is 15.1. The average Bonchev–Trinajstić information content (AvgIpc) is 2.47. The second-order valence-electron chi connectivity index (χ2n) is 5.07. The minimum atomic E-state index is -0.510. The van der Waals surface area contributed by atoms with Crippen molar-refractivity contribution in [1.29, 1.82) is 0 Å². The van der Waals surface area contributed by atoms with Crippen molar-refractivity contribution in [2.45, 2.75) is 20.4 Å². The van der Waals surface area contributed by atoms with Crippen LogP contribution < -0.4 is 10.9 Å². The molecule has 2 rings (SSSR count). The third-order valence-corrected chi connectivity index (χ3v) is 3.27. The number of hydrogen-bond donors (Lipinski definition) is 1. The van der Waals surface area contributed by atoms with Crippen molar-refractivity contribution < 1.29 is 4.92 Å². The summed E-state index contributed by atoms with van der Waals surface area (Å²) in [6.45, 7) is 6.26. The third kappa shape index (κ3) is 3.43. The molecular weight excluding hydrogens is 272 g/mol. The summed E-state index contributed by atoms with van der Waals surface area (Å²) in [7, 11) is 0. The van der Waals surface area contributed by atoms with Crippen molar-refractivity contribution in [3.63, 3.8) is 0 Å². The maximum atomic E-state index is 12.4. The molecule has 0 spiro atoms. The Morgan fingerprint density at radius 2 is 2.24 bits per heavy atom. The third-order valence-electron chi connectivity index (χ3n) is 3.27. The summed E-state index contributed by atoms with van der Waals surface area (Å²) >= 11 is 0. The molecule has 0 aliphatic carbocycles. The lowest BCUT2D eigenvalue weighted by molar-refractivity contribution is -0.384. The Morgan fingerprint density at radius 3 is 2.90 bits per heavy atom. The Balaban J connectivity index is 2.36. The number of nitrogens with zero attached hydrogens (tertiary/aromatic N) is 3. The van der Waals surface area contributed by atoms with Gasteiger partial charge in [0.25, 0.3) is 11.2 Å². The summed E-state index contributed by atoms with van der Waals surface area (Å²) < 4.78 is 1.51. The summed E-state index contributed by atoms with van der Waals surface area (Å²) in [5.41, 5.74) is 0.132. The first-order chi connectivity index (χ1) is 10.0. The number of rotatable bonds is 6. The molecule has 0 fully saturated rings. The molecule has 0 radical (unpaired) electrons. The van der Waals surface area contributed by atoms with Gasteiger partial charge >= 0.3 is 0 Å². The van der Waals surface area contributed by atoms with E-state index in [-0.39, 0.29) is 22.6 Å². The Kier molecular flexibility index (Phi) is 4.64. The fourth-order valence-electron chi connectivity index (χ4n) is 2.18. The van der Waals surface area contributed by atoms with Crippen LogP contribution in [0.5, 0.6) is 0 Å². The van der Waals surface area contributed by atoms with Crippen molar-refractivity contribution >= 4 is 16.6 Å². The summed E-state index contributed by atoms with van der Waals surface area (Å²) in [5, 5.41) is 14.3. The first-order valence-electron chi connectivity index (χ1n) is 6.87. The highest BCUT2D eigenvalue weighted by Gasteiger charge is 2.12. The smallest absolute Gasteiger partial charge is 0.270 e. The molecule has 1 N–H and O–H groups in total. The minimum absolute atomic E-state index is 0.0974. The Bertz CT molecular complexity index is 711. The van der Waals surface area contributed by atoms with E-state index in [2.05, 4.69) is 10.3 Å². The van der Waals surface area contributed by atoms with Crippen LogP contribution in [-0.2, 0) is 6.54 Å². The molecule has 1 aromatic heterocycles. The topological polar surface area (TPSA) is 90.1 Å². The van der Waals surface area contributed by atoms with Crippen LogP contribution in [0.4, 0.5) is 5.69 Å². The summed E-state index contributed by atoms with van der Waals surface area (Å²) in [4.78, 5) is 26.9. The molecule has 0 aliphatic rings. The molecule has 0 amide bonds. The highest BCUT2D eigenvalue weighted by Crippen LogP contribution is 2.16. The molecule has 1 heterocycles. The molecule has 7 nitrogen and oxygen atoms in total. The van der Waals surface area contributed by atoms with E-state index in [1.807, 2.05) is 13.8 Å². The van der Waals surface area contributed by atoms with Crippen LogP contribution in [0.15, 0.2) is 29.3 Å². The number of nitro groups is 1. The van der Waals surface area contributed by atoms with E-state index in [4.69, 9.17) is 0 Å². The average molecular weight is 290 g/mol. The predicted molar refractivity (Wildman–Crippen MR) is 80.4 cm³/mol. The number of non-ortho nitro benzene ring substituents is 1. The molecular formula is C14H18N4O3. The van der Waals surface area contributed by atoms with Gasteiger partial charge in [-0.2, -0.15) is 0 Å². The summed E-state index contributed by atoms with van der Waals surface area (Å²) in [5.74, 6) is 0.264. The van der Waals surface area contributed by atoms with Gasteiger partial charge in [0, 0.05) is 18.7 Å². The van der Waals surface area contributed by atoms with Crippen LogP contribution in [0.25, 0.3) is 10.9 Å². The van der Waals surface area contributed by atoms with Crippen LogP contribution in [0, 0.1) is 16.0 Å². The lowest BCUT2D eigenvalue weighted by atomic mass is 10.1. The second kappa shape index (κ2) is 6.45. The van der Waals surface area contributed by atoms with Gasteiger partial charge < -0.3 is 5.32 Å². The monoisotopic (exact) mass is 290 g/mol. The Labute approximate surface area is 121 Å². The van der Waals surface area contributed by atoms with Gasteiger partial charge in [-0.05, 0) is 25.1 Å². The number of aromatic nitrogens is 2. The zero-order chi connectivity index (χ0) is 15.4. The predicted octanol–water partition coefficient (Wildman–Crippen LogP) is 1.55. The number of fused-ring (bicyclic) bond motifs is 1. The van der Waals surface area contributed by atoms with Crippen LogP contribution in [0.1, 0.15) is 13.8 Å². The summed E-state index contributed by atoms with van der Waals surface area (Å²) in [6.07, 6.45) is 1.50. The van der Waals surface area contributed by atoms with E-state index < -0.39 is 4.92 Å². The van der Waals surface area contributed by atoms with Crippen molar-refractivity contribution in [2.24, 2.45) is 5.92 Å². The van der Waals surface area contributed by atoms with Crippen LogP contribution in [0.3, 0.4) is 0 Å². The molecule has 7 heteroatoms. The standard InChI is InChI=1S/C14H18N4O3/c1-3-15-7-10(2)8-17-9-16-13-5-4-11(18(20)21)6-12(13)14(17)19/h4-6,9-10,15H,3,7-8H2,1-2H3. The maximum absolute atomic E-state index is 12.4. The van der Waals surface area contributed by atoms with Gasteiger partial charge in [0.15, 0.2) is 0 Å². The minimum Gasteiger partial charge on any atom is -0.317 e. The molecule has 1 atom stereocenters. The number of hydrogen-bond acceptors (Lipinski definition) is 5. The van der Waals surface area contributed by atoms with Gasteiger partial charge in [0.2, 0.25) is 0 Å². The number of nitrogens with one attached hydrogen (secondary N) is 1. The molecule has 0 saturated heterocycles. The lowest BCUT2D eigenvalue weighted by Gasteiger charge is -2.13. The van der Waals surface area contributed by atoms with Gasteiger partial charge in [-0.3, -0.25) is 19.5 Å². The zero-order valence-electron chi connectivity index (χ0n) is 12.1. The first-order valence-corrected chi connectivity index (χ1v) is 6.87. The fourth-order valence-corrected chi connectivity index (χ4v) is 2.18. The lowest BCUT2D eigenvalue weighted by Crippen LogP contribution is -2.29. The molecule has 0 bridgehead atoms. The largest absolute Gasteiger partial charge is 0.317 e. The number of benzene rings is 1. The molecule has 1 unspecified atom stereocenters. The van der Waals surface area contributed by atoms with Gasteiger partial charge in [-0.1, -0.05) is 13.8 Å². The molecule has 21 heavy (non-hydrogen) atoms. The SMILES string of the molecule is CCNCC(C)Cn1cnc2ccc([N+](=O)[O-])cc2c1=O. The van der Waals surface area contributed by atoms with E-state index in [9.17, 15) is 14.9 Å². The molecule has 112 valence electrons. The van der Waals surface area contributed by atoms with E-state index in [1.165, 1.54) is 29.1 Å². The van der Waals surface area contributed by atoms with Gasteiger partial charge in [-0.25, -0.2) is 4.98 Å². The van der Waals surface area contributed by atoms with Gasteiger partial charge in [-0.15, -0.1) is 0 Å². The van der Waals surface area contributed by atoms with Gasteiger partial charge in [0.1, 0.15) is 0 Å². The van der Waals surface area contributed by atoms with Crippen LogP contribution in [0.2, 0.25) is 0 Å². The molecule has 2 aromatic rings. The van der Waals surface area contributed by atoms with Crippen molar-refractivity contribution in [2.75, 3.05) is 13.1 Å². The fraction of sp³-hybridized carbons (Fsp3) is 0.429. The van der Waals surface area contributed by atoms with Crippen molar-refractivity contribution in [1.82, 2.24) is 14.9 Å². The Hall–Kier alpha value is -2.28.